The molecular formula is C18H20FN3O3S. The van der Waals surface area contributed by atoms with Crippen LogP contribution < -0.4 is 4.31 Å². The third-order valence-corrected chi connectivity index (χ3v) is 4.91. The van der Waals surface area contributed by atoms with Crippen molar-refractivity contribution < 1.29 is 17.6 Å². The van der Waals surface area contributed by atoms with Crippen LogP contribution in [0, 0.1) is 5.82 Å². The van der Waals surface area contributed by atoms with Crippen molar-refractivity contribution in [3.63, 3.8) is 0 Å². The standard InChI is InChI=1S/C18H20FN3O3S/c1-12(2)16-15(6-5-11-23)17(13-7-9-14(19)10-8-13)21-18(20-16)22(3)26(4,24)25/h5-12H,1-4H3/b6-5+. The molecule has 0 unspecified atom stereocenters. The molecule has 0 radical (unpaired) electrons. The van der Waals surface area contributed by atoms with Gasteiger partial charge in [0, 0.05) is 18.2 Å². The number of aromatic nitrogens is 2. The van der Waals surface area contributed by atoms with Crippen molar-refractivity contribution in [2.75, 3.05) is 17.6 Å². The van der Waals surface area contributed by atoms with Crippen molar-refractivity contribution in [2.45, 2.75) is 19.8 Å². The molecule has 0 saturated carbocycles. The summed E-state index contributed by atoms with van der Waals surface area (Å²) in [4.78, 5) is 19.6. The molecule has 0 amide bonds. The van der Waals surface area contributed by atoms with Crippen LogP contribution in [0.2, 0.25) is 0 Å². The fraction of sp³-hybridized carbons (Fsp3) is 0.278. The van der Waals surface area contributed by atoms with Crippen LogP contribution in [-0.2, 0) is 14.8 Å². The summed E-state index contributed by atoms with van der Waals surface area (Å²) in [5, 5.41) is 0. The highest BCUT2D eigenvalue weighted by atomic mass is 32.2. The van der Waals surface area contributed by atoms with E-state index in [0.717, 1.165) is 10.6 Å². The molecule has 0 spiro atoms. The van der Waals surface area contributed by atoms with Gasteiger partial charge in [0.2, 0.25) is 16.0 Å². The first-order chi connectivity index (χ1) is 12.1. The average molecular weight is 377 g/mol. The van der Waals surface area contributed by atoms with Gasteiger partial charge in [-0.05, 0) is 42.3 Å². The number of sulfonamides is 1. The Morgan fingerprint density at radius 2 is 1.77 bits per heavy atom. The van der Waals surface area contributed by atoms with Crippen molar-refractivity contribution in [3.8, 4) is 11.3 Å². The lowest BCUT2D eigenvalue weighted by molar-refractivity contribution is -0.104. The first kappa shape index (κ1) is 19.7. The summed E-state index contributed by atoms with van der Waals surface area (Å²) in [6.07, 6.45) is 4.58. The lowest BCUT2D eigenvalue weighted by Gasteiger charge is -2.20. The van der Waals surface area contributed by atoms with Gasteiger partial charge in [0.05, 0.1) is 17.6 Å². The SMILES string of the molecule is CC(C)c1nc(N(C)S(C)(=O)=O)nc(-c2ccc(F)cc2)c1/C=C/C=O. The predicted molar refractivity (Wildman–Crippen MR) is 99.9 cm³/mol. The second-order valence-corrected chi connectivity index (χ2v) is 8.07. The van der Waals surface area contributed by atoms with Crippen LogP contribution >= 0.6 is 0 Å². The number of anilines is 1. The minimum absolute atomic E-state index is 0.0128. The lowest BCUT2D eigenvalue weighted by atomic mass is 9.98. The van der Waals surface area contributed by atoms with E-state index in [1.807, 2.05) is 13.8 Å². The molecule has 0 aliphatic heterocycles. The van der Waals surface area contributed by atoms with Gasteiger partial charge in [-0.25, -0.2) is 27.1 Å². The summed E-state index contributed by atoms with van der Waals surface area (Å²) in [7, 11) is -2.19. The number of hydrogen-bond acceptors (Lipinski definition) is 5. The molecule has 0 N–H and O–H groups in total. The van der Waals surface area contributed by atoms with Crippen molar-refractivity contribution in [1.29, 1.82) is 0 Å². The molecule has 2 rings (SSSR count). The molecular weight excluding hydrogens is 357 g/mol. The Kier molecular flexibility index (Phi) is 5.86. The van der Waals surface area contributed by atoms with Crippen LogP contribution in [0.1, 0.15) is 31.0 Å². The highest BCUT2D eigenvalue weighted by Crippen LogP contribution is 2.31. The molecule has 0 bridgehead atoms. The molecule has 1 aromatic carbocycles. The Morgan fingerprint density at radius 3 is 2.27 bits per heavy atom. The molecule has 0 aliphatic carbocycles. The minimum Gasteiger partial charge on any atom is -0.299 e. The zero-order chi connectivity index (χ0) is 19.5. The maximum atomic E-state index is 13.3. The average Bonchev–Trinajstić information content (AvgIpc) is 2.58. The summed E-state index contributed by atoms with van der Waals surface area (Å²) in [6.45, 7) is 3.80. The van der Waals surface area contributed by atoms with Crippen LogP contribution in [-0.4, -0.2) is 38.0 Å². The van der Waals surface area contributed by atoms with Gasteiger partial charge >= 0.3 is 0 Å². The van der Waals surface area contributed by atoms with E-state index in [9.17, 15) is 17.6 Å². The lowest BCUT2D eigenvalue weighted by Crippen LogP contribution is -2.27. The number of hydrogen-bond donors (Lipinski definition) is 0. The number of rotatable bonds is 6. The van der Waals surface area contributed by atoms with Gasteiger partial charge in [-0.1, -0.05) is 13.8 Å². The normalized spacial score (nSPS) is 11.9. The number of carbonyl (C=O) groups is 1. The van der Waals surface area contributed by atoms with E-state index in [1.54, 1.807) is 18.2 Å². The first-order valence-corrected chi connectivity index (χ1v) is 9.73. The zero-order valence-corrected chi connectivity index (χ0v) is 15.8. The summed E-state index contributed by atoms with van der Waals surface area (Å²) in [6, 6.07) is 5.67. The topological polar surface area (TPSA) is 80.2 Å². The van der Waals surface area contributed by atoms with Crippen LogP contribution in [0.5, 0.6) is 0 Å². The highest BCUT2D eigenvalue weighted by Gasteiger charge is 2.21. The van der Waals surface area contributed by atoms with Crippen LogP contribution in [0.3, 0.4) is 0 Å². The van der Waals surface area contributed by atoms with Crippen molar-refractivity contribution in [3.05, 3.63) is 47.4 Å². The molecule has 1 heterocycles. The number of halogens is 1. The fourth-order valence-electron chi connectivity index (χ4n) is 2.33. The number of benzene rings is 1. The van der Waals surface area contributed by atoms with Gasteiger partial charge in [-0.3, -0.25) is 4.79 Å². The fourth-order valence-corrected chi connectivity index (χ4v) is 2.71. The van der Waals surface area contributed by atoms with E-state index in [0.29, 0.717) is 28.8 Å². The van der Waals surface area contributed by atoms with E-state index in [2.05, 4.69) is 9.97 Å². The van der Waals surface area contributed by atoms with Gasteiger partial charge in [0.25, 0.3) is 0 Å². The van der Waals surface area contributed by atoms with Crippen molar-refractivity contribution in [2.24, 2.45) is 0 Å². The Hall–Kier alpha value is -2.61. The van der Waals surface area contributed by atoms with Crippen LogP contribution in [0.4, 0.5) is 10.3 Å². The maximum Gasteiger partial charge on any atom is 0.239 e. The molecule has 0 saturated heterocycles. The first-order valence-electron chi connectivity index (χ1n) is 7.88. The second kappa shape index (κ2) is 7.74. The highest BCUT2D eigenvalue weighted by molar-refractivity contribution is 7.92. The van der Waals surface area contributed by atoms with Crippen molar-refractivity contribution >= 4 is 28.3 Å². The molecule has 26 heavy (non-hydrogen) atoms. The van der Waals surface area contributed by atoms with Gasteiger partial charge in [-0.2, -0.15) is 0 Å². The number of allylic oxidation sites excluding steroid dienone is 1. The smallest absolute Gasteiger partial charge is 0.239 e. The zero-order valence-electron chi connectivity index (χ0n) is 15.0. The Labute approximate surface area is 152 Å². The van der Waals surface area contributed by atoms with Crippen LogP contribution in [0.15, 0.2) is 30.3 Å². The molecule has 0 aliphatic rings. The number of aldehydes is 1. The van der Waals surface area contributed by atoms with Gasteiger partial charge in [-0.15, -0.1) is 0 Å². The molecule has 138 valence electrons. The van der Waals surface area contributed by atoms with E-state index in [-0.39, 0.29) is 11.9 Å². The molecule has 6 nitrogen and oxygen atoms in total. The third kappa shape index (κ3) is 4.32. The third-order valence-electron chi connectivity index (χ3n) is 3.75. The van der Waals surface area contributed by atoms with E-state index >= 15 is 0 Å². The summed E-state index contributed by atoms with van der Waals surface area (Å²) in [5.41, 5.74) is 2.18. The largest absolute Gasteiger partial charge is 0.299 e. The number of nitrogens with zero attached hydrogens (tertiary/aromatic N) is 3. The maximum absolute atomic E-state index is 13.3. The summed E-state index contributed by atoms with van der Waals surface area (Å²) < 4.78 is 38.1. The number of carbonyl (C=O) groups excluding carboxylic acids is 1. The Bertz CT molecular complexity index is 939. The molecule has 0 fully saturated rings. The predicted octanol–water partition coefficient (Wildman–Crippen LogP) is 3.01. The van der Waals surface area contributed by atoms with E-state index in [4.69, 9.17) is 0 Å². The van der Waals surface area contributed by atoms with E-state index in [1.165, 1.54) is 25.3 Å². The summed E-state index contributed by atoms with van der Waals surface area (Å²) >= 11 is 0. The van der Waals surface area contributed by atoms with Crippen molar-refractivity contribution in [1.82, 2.24) is 9.97 Å². The monoisotopic (exact) mass is 377 g/mol. The van der Waals surface area contributed by atoms with Gasteiger partial charge in [0.1, 0.15) is 12.1 Å². The Balaban J connectivity index is 2.83. The molecule has 2 aromatic rings. The van der Waals surface area contributed by atoms with Crippen LogP contribution in [0.25, 0.3) is 17.3 Å². The van der Waals surface area contributed by atoms with Gasteiger partial charge < -0.3 is 0 Å². The molecule has 1 aromatic heterocycles. The molecule has 8 heteroatoms. The van der Waals surface area contributed by atoms with E-state index < -0.39 is 15.8 Å². The Morgan fingerprint density at radius 1 is 1.15 bits per heavy atom. The summed E-state index contributed by atoms with van der Waals surface area (Å²) in [5.74, 6) is -0.445. The molecule has 0 atom stereocenters. The quantitative estimate of drug-likeness (QED) is 0.571. The van der Waals surface area contributed by atoms with Gasteiger partial charge in [0.15, 0.2) is 0 Å². The second-order valence-electron chi connectivity index (χ2n) is 6.06. The minimum atomic E-state index is -3.56.